The lowest BCUT2D eigenvalue weighted by Crippen LogP contribution is -2.47. The molecule has 0 saturated heterocycles. The molecule has 19 heavy (non-hydrogen) atoms. The highest BCUT2D eigenvalue weighted by Crippen LogP contribution is 2.43. The van der Waals surface area contributed by atoms with Gasteiger partial charge in [-0.05, 0) is 46.0 Å². The maximum Gasteiger partial charge on any atom is 0.237 e. The summed E-state index contributed by atoms with van der Waals surface area (Å²) < 4.78 is 0. The van der Waals surface area contributed by atoms with Crippen molar-refractivity contribution < 1.29 is 4.79 Å². The second-order valence-electron chi connectivity index (χ2n) is 5.34. The van der Waals surface area contributed by atoms with E-state index in [-0.39, 0.29) is 11.4 Å². The van der Waals surface area contributed by atoms with E-state index in [0.717, 1.165) is 19.4 Å². The second kappa shape index (κ2) is 5.63. The quantitative estimate of drug-likeness (QED) is 0.746. The Labute approximate surface area is 113 Å². The molecule has 1 aromatic rings. The predicted molar refractivity (Wildman–Crippen MR) is 72.2 cm³/mol. The van der Waals surface area contributed by atoms with E-state index in [2.05, 4.69) is 15.3 Å². The Morgan fingerprint density at radius 3 is 2.63 bits per heavy atom. The van der Waals surface area contributed by atoms with Gasteiger partial charge in [0.15, 0.2) is 5.82 Å². The average Bonchev–Trinajstić information content (AvgIpc) is 3.17. The number of nitrogens with one attached hydrogen (secondary N) is 1. The first-order valence-corrected chi connectivity index (χ1v) is 6.53. The van der Waals surface area contributed by atoms with E-state index in [0.29, 0.717) is 12.2 Å². The minimum atomic E-state index is -0.483. The molecule has 104 valence electrons. The molecule has 1 aliphatic rings. The second-order valence-corrected chi connectivity index (χ2v) is 5.34. The molecule has 1 aromatic heterocycles. The molecule has 1 aliphatic carbocycles. The minimum Gasteiger partial charge on any atom is -0.342 e. The van der Waals surface area contributed by atoms with Gasteiger partial charge in [0, 0.05) is 12.4 Å². The molecule has 0 aromatic carbocycles. The summed E-state index contributed by atoms with van der Waals surface area (Å²) in [5.41, 5.74) is 5.52. The van der Waals surface area contributed by atoms with Crippen LogP contribution in [0.4, 0.5) is 0 Å². The fraction of sp³-hybridized carbons (Fsp3) is 0.615. The zero-order valence-electron chi connectivity index (χ0n) is 11.5. The Morgan fingerprint density at radius 1 is 1.47 bits per heavy atom. The molecule has 6 nitrogen and oxygen atoms in total. The van der Waals surface area contributed by atoms with Crippen LogP contribution in [0, 0.1) is 0 Å². The summed E-state index contributed by atoms with van der Waals surface area (Å²) in [5, 5.41) is 3.00. The Balaban J connectivity index is 1.92. The van der Waals surface area contributed by atoms with Crippen molar-refractivity contribution in [3.05, 3.63) is 24.3 Å². The van der Waals surface area contributed by atoms with Gasteiger partial charge in [-0.1, -0.05) is 0 Å². The van der Waals surface area contributed by atoms with E-state index in [4.69, 9.17) is 5.73 Å². The van der Waals surface area contributed by atoms with E-state index in [1.807, 2.05) is 19.0 Å². The van der Waals surface area contributed by atoms with Crippen molar-refractivity contribution >= 4 is 5.91 Å². The molecule has 0 bridgehead atoms. The molecule has 1 atom stereocenters. The predicted octanol–water partition coefficient (Wildman–Crippen LogP) is -0.139. The third-order valence-corrected chi connectivity index (χ3v) is 3.33. The molecule has 1 saturated carbocycles. The molecule has 0 spiro atoms. The number of carbonyl (C=O) groups excluding carboxylic acids is 1. The number of nitrogens with zero attached hydrogens (tertiary/aromatic N) is 3. The minimum absolute atomic E-state index is 0.119. The van der Waals surface area contributed by atoms with E-state index >= 15 is 0 Å². The molecule has 1 heterocycles. The molecule has 2 rings (SSSR count). The molecule has 0 aliphatic heterocycles. The van der Waals surface area contributed by atoms with Crippen LogP contribution in [-0.2, 0) is 10.3 Å². The van der Waals surface area contributed by atoms with Crippen molar-refractivity contribution in [3.63, 3.8) is 0 Å². The van der Waals surface area contributed by atoms with Gasteiger partial charge in [-0.2, -0.15) is 0 Å². The lowest BCUT2D eigenvalue weighted by atomic mass is 10.1. The van der Waals surface area contributed by atoms with Crippen molar-refractivity contribution in [2.24, 2.45) is 5.73 Å². The van der Waals surface area contributed by atoms with Crippen LogP contribution < -0.4 is 11.1 Å². The molecular formula is C13H21N5O. The maximum absolute atomic E-state index is 12.1. The summed E-state index contributed by atoms with van der Waals surface area (Å²) in [6, 6.07) is 1.29. The van der Waals surface area contributed by atoms with Crippen LogP contribution in [0.15, 0.2) is 18.5 Å². The van der Waals surface area contributed by atoms with E-state index in [1.54, 1.807) is 18.5 Å². The van der Waals surface area contributed by atoms with Crippen LogP contribution >= 0.6 is 0 Å². The largest absolute Gasteiger partial charge is 0.342 e. The standard InChI is InChI=1S/C13H21N5O/c1-18(2)9-4-10(14)11(19)17-13(5-6-13)12-15-7-3-8-16-12/h3,7-8,10H,4-6,9,14H2,1-2H3,(H,17,19)/t10-/m0/s1. The fourth-order valence-corrected chi connectivity index (χ4v) is 1.93. The molecular weight excluding hydrogens is 242 g/mol. The maximum atomic E-state index is 12.1. The van der Waals surface area contributed by atoms with Gasteiger partial charge in [0.1, 0.15) is 0 Å². The number of hydrogen-bond donors (Lipinski definition) is 2. The van der Waals surface area contributed by atoms with E-state index in [9.17, 15) is 4.79 Å². The summed E-state index contributed by atoms with van der Waals surface area (Å²) in [4.78, 5) is 22.5. The zero-order chi connectivity index (χ0) is 13.9. The summed E-state index contributed by atoms with van der Waals surface area (Å²) in [6.07, 6.45) is 5.79. The van der Waals surface area contributed by atoms with Gasteiger partial charge in [0.2, 0.25) is 5.91 Å². The summed E-state index contributed by atoms with van der Waals surface area (Å²) >= 11 is 0. The fourth-order valence-electron chi connectivity index (χ4n) is 1.93. The van der Waals surface area contributed by atoms with Crippen LogP contribution in [-0.4, -0.2) is 47.5 Å². The first-order chi connectivity index (χ1) is 9.03. The van der Waals surface area contributed by atoms with Crippen LogP contribution in [0.1, 0.15) is 25.1 Å². The van der Waals surface area contributed by atoms with Gasteiger partial charge < -0.3 is 16.0 Å². The van der Waals surface area contributed by atoms with Gasteiger partial charge in [-0.3, -0.25) is 4.79 Å². The topological polar surface area (TPSA) is 84.1 Å². The number of hydrogen-bond acceptors (Lipinski definition) is 5. The van der Waals surface area contributed by atoms with Crippen LogP contribution in [0.25, 0.3) is 0 Å². The van der Waals surface area contributed by atoms with E-state index in [1.165, 1.54) is 0 Å². The van der Waals surface area contributed by atoms with Gasteiger partial charge in [-0.15, -0.1) is 0 Å². The molecule has 1 fully saturated rings. The third-order valence-electron chi connectivity index (χ3n) is 3.33. The van der Waals surface area contributed by atoms with Crippen LogP contribution in [0.2, 0.25) is 0 Å². The zero-order valence-corrected chi connectivity index (χ0v) is 11.5. The van der Waals surface area contributed by atoms with Crippen molar-refractivity contribution in [1.29, 1.82) is 0 Å². The van der Waals surface area contributed by atoms with Crippen molar-refractivity contribution in [2.45, 2.75) is 30.8 Å². The summed E-state index contributed by atoms with van der Waals surface area (Å²) in [6.45, 7) is 0.795. The molecule has 3 N–H and O–H groups in total. The first-order valence-electron chi connectivity index (χ1n) is 6.53. The monoisotopic (exact) mass is 263 g/mol. The van der Waals surface area contributed by atoms with Crippen molar-refractivity contribution in [1.82, 2.24) is 20.2 Å². The van der Waals surface area contributed by atoms with Crippen LogP contribution in [0.5, 0.6) is 0 Å². The normalized spacial score (nSPS) is 18.1. The Bertz CT molecular complexity index is 430. The summed E-state index contributed by atoms with van der Waals surface area (Å²) in [5.74, 6) is 0.565. The number of rotatable bonds is 6. The highest BCUT2D eigenvalue weighted by atomic mass is 16.2. The Morgan fingerprint density at radius 2 is 2.11 bits per heavy atom. The van der Waals surface area contributed by atoms with Gasteiger partial charge in [0.05, 0.1) is 11.6 Å². The molecule has 6 heteroatoms. The number of amides is 1. The molecule has 1 amide bonds. The summed E-state index contributed by atoms with van der Waals surface area (Å²) in [7, 11) is 3.93. The van der Waals surface area contributed by atoms with Gasteiger partial charge >= 0.3 is 0 Å². The SMILES string of the molecule is CN(C)CC[C@H](N)C(=O)NC1(c2ncccn2)CC1. The van der Waals surface area contributed by atoms with E-state index < -0.39 is 6.04 Å². The Kier molecular flexibility index (Phi) is 4.11. The highest BCUT2D eigenvalue weighted by Gasteiger charge is 2.48. The molecule has 0 radical (unpaired) electrons. The number of carbonyl (C=O) groups is 1. The number of aromatic nitrogens is 2. The average molecular weight is 263 g/mol. The van der Waals surface area contributed by atoms with Gasteiger partial charge in [-0.25, -0.2) is 9.97 Å². The van der Waals surface area contributed by atoms with Crippen LogP contribution in [0.3, 0.4) is 0 Å². The van der Waals surface area contributed by atoms with Gasteiger partial charge in [0.25, 0.3) is 0 Å². The van der Waals surface area contributed by atoms with Crippen molar-refractivity contribution in [2.75, 3.05) is 20.6 Å². The third kappa shape index (κ3) is 3.48. The lowest BCUT2D eigenvalue weighted by Gasteiger charge is -2.20. The number of nitrogens with two attached hydrogens (primary N) is 1. The molecule has 0 unspecified atom stereocenters. The Hall–Kier alpha value is -1.53. The highest BCUT2D eigenvalue weighted by molar-refractivity contribution is 5.82. The van der Waals surface area contributed by atoms with Crippen molar-refractivity contribution in [3.8, 4) is 0 Å². The smallest absolute Gasteiger partial charge is 0.237 e. The lowest BCUT2D eigenvalue weighted by molar-refractivity contribution is -0.123. The first kappa shape index (κ1) is 13.9.